The van der Waals surface area contributed by atoms with E-state index in [1.165, 1.54) is 0 Å². The quantitative estimate of drug-likeness (QED) is 0.891. The molecule has 1 aliphatic rings. The largest absolute Gasteiger partial charge is 0.493 e. The SMILES string of the molecule is O=c1[nH]c(CC2CCOC2)nc(O)c1-c1cccc(Br)c1. The van der Waals surface area contributed by atoms with Gasteiger partial charge in [-0.3, -0.25) is 4.79 Å². The number of ether oxygens (including phenoxy) is 1. The van der Waals surface area contributed by atoms with Crippen LogP contribution < -0.4 is 5.56 Å². The van der Waals surface area contributed by atoms with Crippen molar-refractivity contribution >= 4 is 15.9 Å². The fourth-order valence-electron chi connectivity index (χ4n) is 2.53. The van der Waals surface area contributed by atoms with Crippen molar-refractivity contribution in [2.45, 2.75) is 12.8 Å². The lowest BCUT2D eigenvalue weighted by Crippen LogP contribution is -2.16. The molecule has 6 heteroatoms. The first-order valence-corrected chi connectivity index (χ1v) is 7.58. The van der Waals surface area contributed by atoms with Crippen molar-refractivity contribution in [3.8, 4) is 17.0 Å². The first kappa shape index (κ1) is 14.3. The van der Waals surface area contributed by atoms with Crippen LogP contribution >= 0.6 is 15.9 Å². The number of nitrogens with zero attached hydrogens (tertiary/aromatic N) is 1. The van der Waals surface area contributed by atoms with Gasteiger partial charge in [0, 0.05) is 24.1 Å². The van der Waals surface area contributed by atoms with Crippen molar-refractivity contribution in [3.63, 3.8) is 0 Å². The van der Waals surface area contributed by atoms with Crippen LogP contribution in [0, 0.1) is 5.92 Å². The highest BCUT2D eigenvalue weighted by Crippen LogP contribution is 2.26. The Kier molecular flexibility index (Phi) is 4.07. The molecule has 2 heterocycles. The topological polar surface area (TPSA) is 75.2 Å². The summed E-state index contributed by atoms with van der Waals surface area (Å²) in [6.45, 7) is 1.43. The number of aromatic amines is 1. The molecule has 0 amide bonds. The molecule has 0 radical (unpaired) electrons. The standard InChI is InChI=1S/C15H15BrN2O3/c16-11-3-1-2-10(7-11)13-14(19)17-12(18-15(13)20)6-9-4-5-21-8-9/h1-3,7,9H,4-6,8H2,(H2,17,18,19,20). The molecule has 5 nitrogen and oxygen atoms in total. The van der Waals surface area contributed by atoms with E-state index in [9.17, 15) is 9.90 Å². The number of H-pyrrole nitrogens is 1. The van der Waals surface area contributed by atoms with E-state index < -0.39 is 0 Å². The first-order chi connectivity index (χ1) is 10.1. The molecule has 0 aliphatic carbocycles. The van der Waals surface area contributed by atoms with E-state index in [2.05, 4.69) is 25.9 Å². The lowest BCUT2D eigenvalue weighted by atomic mass is 10.0. The van der Waals surface area contributed by atoms with E-state index in [1.54, 1.807) is 12.1 Å². The van der Waals surface area contributed by atoms with E-state index in [0.717, 1.165) is 17.5 Å². The number of rotatable bonds is 3. The van der Waals surface area contributed by atoms with E-state index >= 15 is 0 Å². The summed E-state index contributed by atoms with van der Waals surface area (Å²) in [5.41, 5.74) is 0.503. The predicted octanol–water partition coefficient (Wildman–Crippen LogP) is 2.48. The highest BCUT2D eigenvalue weighted by Gasteiger charge is 2.19. The zero-order valence-corrected chi connectivity index (χ0v) is 12.9. The average Bonchev–Trinajstić information content (AvgIpc) is 2.91. The van der Waals surface area contributed by atoms with Gasteiger partial charge in [-0.1, -0.05) is 28.1 Å². The number of aromatic nitrogens is 2. The summed E-state index contributed by atoms with van der Waals surface area (Å²) in [6.07, 6.45) is 1.57. The molecule has 21 heavy (non-hydrogen) atoms. The summed E-state index contributed by atoms with van der Waals surface area (Å²) in [6, 6.07) is 7.20. The monoisotopic (exact) mass is 350 g/mol. The predicted molar refractivity (Wildman–Crippen MR) is 82.3 cm³/mol. The molecule has 110 valence electrons. The second-order valence-electron chi connectivity index (χ2n) is 5.16. The molecule has 2 N–H and O–H groups in total. The van der Waals surface area contributed by atoms with Crippen LogP contribution in [0.15, 0.2) is 33.5 Å². The molecule has 1 atom stereocenters. The van der Waals surface area contributed by atoms with Gasteiger partial charge in [-0.15, -0.1) is 0 Å². The Morgan fingerprint density at radius 2 is 2.33 bits per heavy atom. The van der Waals surface area contributed by atoms with Gasteiger partial charge in [0.2, 0.25) is 5.88 Å². The normalized spacial score (nSPS) is 18.0. The Labute approximate surface area is 130 Å². The Balaban J connectivity index is 1.94. The van der Waals surface area contributed by atoms with Crippen LogP contribution in [-0.4, -0.2) is 28.3 Å². The molecule has 3 rings (SSSR count). The van der Waals surface area contributed by atoms with Crippen molar-refractivity contribution in [2.24, 2.45) is 5.92 Å². The molecule has 0 spiro atoms. The minimum atomic E-state index is -0.325. The average molecular weight is 351 g/mol. The third-order valence-corrected chi connectivity index (χ3v) is 4.06. The molecule has 1 aromatic heterocycles. The number of nitrogens with one attached hydrogen (secondary N) is 1. The van der Waals surface area contributed by atoms with Crippen molar-refractivity contribution in [2.75, 3.05) is 13.2 Å². The molecule has 0 saturated carbocycles. The summed E-state index contributed by atoms with van der Waals surface area (Å²) in [7, 11) is 0. The van der Waals surface area contributed by atoms with E-state index in [-0.39, 0.29) is 17.0 Å². The second-order valence-corrected chi connectivity index (χ2v) is 6.07. The van der Waals surface area contributed by atoms with Gasteiger partial charge in [-0.2, -0.15) is 4.98 Å². The number of hydrogen-bond acceptors (Lipinski definition) is 4. The van der Waals surface area contributed by atoms with Gasteiger partial charge in [0.15, 0.2) is 0 Å². The van der Waals surface area contributed by atoms with Gasteiger partial charge in [0.1, 0.15) is 11.4 Å². The van der Waals surface area contributed by atoms with Crippen LogP contribution in [0.3, 0.4) is 0 Å². The summed E-state index contributed by atoms with van der Waals surface area (Å²) in [4.78, 5) is 19.1. The van der Waals surface area contributed by atoms with Crippen LogP contribution in [0.5, 0.6) is 5.88 Å². The zero-order chi connectivity index (χ0) is 14.8. The van der Waals surface area contributed by atoms with Crippen molar-refractivity contribution < 1.29 is 9.84 Å². The Bertz CT molecular complexity index is 708. The Hall–Kier alpha value is -1.66. The second kappa shape index (κ2) is 5.99. The molecule has 1 aromatic carbocycles. The maximum absolute atomic E-state index is 12.2. The molecule has 1 fully saturated rings. The highest BCUT2D eigenvalue weighted by molar-refractivity contribution is 9.10. The van der Waals surface area contributed by atoms with Crippen molar-refractivity contribution in [1.82, 2.24) is 9.97 Å². The minimum Gasteiger partial charge on any atom is -0.493 e. The molecule has 1 aliphatic heterocycles. The number of hydrogen-bond donors (Lipinski definition) is 2. The molecular formula is C15H15BrN2O3. The highest BCUT2D eigenvalue weighted by atomic mass is 79.9. The number of halogens is 1. The van der Waals surface area contributed by atoms with Crippen LogP contribution in [-0.2, 0) is 11.2 Å². The van der Waals surface area contributed by atoms with Crippen molar-refractivity contribution in [3.05, 3.63) is 44.9 Å². The van der Waals surface area contributed by atoms with Gasteiger partial charge in [-0.05, 0) is 30.0 Å². The maximum Gasteiger partial charge on any atom is 0.262 e. The van der Waals surface area contributed by atoms with Gasteiger partial charge < -0.3 is 14.8 Å². The number of benzene rings is 1. The Morgan fingerprint density at radius 3 is 3.00 bits per heavy atom. The lowest BCUT2D eigenvalue weighted by Gasteiger charge is -2.09. The molecule has 1 unspecified atom stereocenters. The summed E-state index contributed by atoms with van der Waals surface area (Å²) < 4.78 is 6.15. The Morgan fingerprint density at radius 1 is 1.48 bits per heavy atom. The smallest absolute Gasteiger partial charge is 0.262 e. The summed E-state index contributed by atoms with van der Waals surface area (Å²) in [5, 5.41) is 10.1. The molecule has 2 aromatic rings. The third-order valence-electron chi connectivity index (χ3n) is 3.57. The zero-order valence-electron chi connectivity index (χ0n) is 11.3. The van der Waals surface area contributed by atoms with Gasteiger partial charge in [0.25, 0.3) is 5.56 Å². The summed E-state index contributed by atoms with van der Waals surface area (Å²) >= 11 is 3.35. The molecule has 0 bridgehead atoms. The first-order valence-electron chi connectivity index (χ1n) is 6.79. The van der Waals surface area contributed by atoms with Crippen molar-refractivity contribution in [1.29, 1.82) is 0 Å². The minimum absolute atomic E-state index is 0.197. The van der Waals surface area contributed by atoms with Gasteiger partial charge in [0.05, 0.1) is 0 Å². The van der Waals surface area contributed by atoms with Crippen LogP contribution in [0.25, 0.3) is 11.1 Å². The van der Waals surface area contributed by atoms with E-state index in [4.69, 9.17) is 4.74 Å². The third kappa shape index (κ3) is 3.16. The van der Waals surface area contributed by atoms with Gasteiger partial charge in [-0.25, -0.2) is 0 Å². The lowest BCUT2D eigenvalue weighted by molar-refractivity contribution is 0.185. The fourth-order valence-corrected chi connectivity index (χ4v) is 2.92. The molecular weight excluding hydrogens is 336 g/mol. The van der Waals surface area contributed by atoms with Crippen LogP contribution in [0.4, 0.5) is 0 Å². The van der Waals surface area contributed by atoms with E-state index in [1.807, 2.05) is 12.1 Å². The maximum atomic E-state index is 12.2. The van der Waals surface area contributed by atoms with Crippen LogP contribution in [0.2, 0.25) is 0 Å². The van der Waals surface area contributed by atoms with Crippen LogP contribution in [0.1, 0.15) is 12.2 Å². The van der Waals surface area contributed by atoms with Gasteiger partial charge >= 0.3 is 0 Å². The summed E-state index contributed by atoms with van der Waals surface area (Å²) in [5.74, 6) is 0.627. The van der Waals surface area contributed by atoms with E-state index in [0.29, 0.717) is 30.3 Å². The molecule has 1 saturated heterocycles. The number of aromatic hydroxyl groups is 1. The fraction of sp³-hybridized carbons (Fsp3) is 0.333.